The van der Waals surface area contributed by atoms with Gasteiger partial charge in [-0.2, -0.15) is 0 Å². The van der Waals surface area contributed by atoms with Crippen molar-refractivity contribution < 1.29 is 4.52 Å². The first kappa shape index (κ1) is 13.5. The second kappa shape index (κ2) is 5.88. The van der Waals surface area contributed by atoms with E-state index in [1.54, 1.807) is 0 Å². The van der Waals surface area contributed by atoms with Gasteiger partial charge >= 0.3 is 0 Å². The number of rotatable bonds is 2. The van der Waals surface area contributed by atoms with E-state index in [0.717, 1.165) is 34.8 Å². The minimum Gasteiger partial charge on any atom is -0.380 e. The first-order chi connectivity index (χ1) is 9.75. The summed E-state index contributed by atoms with van der Waals surface area (Å²) in [7, 11) is 0. The van der Waals surface area contributed by atoms with Crippen LogP contribution in [0.1, 0.15) is 50.2 Å². The highest BCUT2D eigenvalue weighted by Crippen LogP contribution is 2.40. The summed E-state index contributed by atoms with van der Waals surface area (Å²) < 4.78 is 5.57. The number of anilines is 1. The molecular formula is C16H19ClN2O. The topological polar surface area (TPSA) is 52.0 Å². The van der Waals surface area contributed by atoms with Crippen molar-refractivity contribution >= 4 is 17.4 Å². The maximum atomic E-state index is 6.02. The Morgan fingerprint density at radius 1 is 1.05 bits per heavy atom. The Balaban J connectivity index is 1.98. The van der Waals surface area contributed by atoms with Crippen LogP contribution in [-0.4, -0.2) is 5.16 Å². The first-order valence-corrected chi connectivity index (χ1v) is 7.64. The maximum absolute atomic E-state index is 6.02. The van der Waals surface area contributed by atoms with E-state index in [1.165, 1.54) is 25.7 Å². The van der Waals surface area contributed by atoms with Crippen molar-refractivity contribution in [2.75, 3.05) is 5.73 Å². The molecule has 4 heteroatoms. The van der Waals surface area contributed by atoms with E-state index in [9.17, 15) is 0 Å². The molecule has 0 spiro atoms. The molecule has 3 nitrogen and oxygen atoms in total. The second-order valence-corrected chi connectivity index (χ2v) is 5.94. The van der Waals surface area contributed by atoms with E-state index in [2.05, 4.69) is 5.16 Å². The van der Waals surface area contributed by atoms with Crippen LogP contribution < -0.4 is 5.73 Å². The summed E-state index contributed by atoms with van der Waals surface area (Å²) in [5, 5.41) is 4.71. The molecule has 0 atom stereocenters. The van der Waals surface area contributed by atoms with Gasteiger partial charge in [-0.15, -0.1) is 0 Å². The normalized spacial score (nSPS) is 17.1. The van der Waals surface area contributed by atoms with Gasteiger partial charge in [0, 0.05) is 10.9 Å². The number of nitrogen functional groups attached to an aromatic ring is 1. The minimum absolute atomic E-state index is 0.438. The molecule has 0 radical (unpaired) electrons. The van der Waals surface area contributed by atoms with Crippen LogP contribution in [0.4, 0.5) is 5.82 Å². The van der Waals surface area contributed by atoms with Gasteiger partial charge in [0.05, 0.1) is 5.56 Å². The molecule has 20 heavy (non-hydrogen) atoms. The predicted octanol–water partition coefficient (Wildman–Crippen LogP) is 5.02. The molecular weight excluding hydrogens is 272 g/mol. The monoisotopic (exact) mass is 290 g/mol. The molecule has 2 aromatic rings. The Morgan fingerprint density at radius 2 is 1.70 bits per heavy atom. The van der Waals surface area contributed by atoms with Gasteiger partial charge in [0.2, 0.25) is 0 Å². The van der Waals surface area contributed by atoms with Crippen molar-refractivity contribution in [1.82, 2.24) is 5.16 Å². The number of nitrogens with two attached hydrogens (primary N) is 1. The van der Waals surface area contributed by atoms with Gasteiger partial charge in [0.15, 0.2) is 5.82 Å². The van der Waals surface area contributed by atoms with Crippen LogP contribution in [0.25, 0.3) is 11.1 Å². The van der Waals surface area contributed by atoms with Crippen molar-refractivity contribution in [2.24, 2.45) is 0 Å². The molecule has 1 fully saturated rings. The largest absolute Gasteiger partial charge is 0.380 e. The van der Waals surface area contributed by atoms with Gasteiger partial charge in [-0.05, 0) is 30.5 Å². The number of nitrogens with zero attached hydrogens (tertiary/aromatic N) is 1. The number of aromatic nitrogens is 1. The number of hydrogen-bond acceptors (Lipinski definition) is 3. The highest BCUT2D eigenvalue weighted by Gasteiger charge is 2.24. The maximum Gasteiger partial charge on any atom is 0.175 e. The Labute approximate surface area is 124 Å². The van der Waals surface area contributed by atoms with Gasteiger partial charge < -0.3 is 10.3 Å². The Bertz CT molecular complexity index is 569. The van der Waals surface area contributed by atoms with E-state index in [1.807, 2.05) is 24.3 Å². The molecule has 0 saturated heterocycles. The van der Waals surface area contributed by atoms with Gasteiger partial charge in [-0.25, -0.2) is 0 Å². The summed E-state index contributed by atoms with van der Waals surface area (Å²) in [5.41, 5.74) is 8.01. The van der Waals surface area contributed by atoms with Crippen LogP contribution in [0.15, 0.2) is 28.8 Å². The fraction of sp³-hybridized carbons (Fsp3) is 0.438. The first-order valence-electron chi connectivity index (χ1n) is 7.26. The molecule has 1 heterocycles. The van der Waals surface area contributed by atoms with E-state index in [4.69, 9.17) is 21.9 Å². The Morgan fingerprint density at radius 3 is 2.35 bits per heavy atom. The summed E-state index contributed by atoms with van der Waals surface area (Å²) in [4.78, 5) is 0. The average molecular weight is 291 g/mol. The molecule has 1 saturated carbocycles. The number of hydrogen-bond donors (Lipinski definition) is 1. The third kappa shape index (κ3) is 2.68. The van der Waals surface area contributed by atoms with Gasteiger partial charge in [0.1, 0.15) is 5.76 Å². The van der Waals surface area contributed by atoms with Gasteiger partial charge in [-0.1, -0.05) is 54.6 Å². The van der Waals surface area contributed by atoms with Crippen molar-refractivity contribution in [1.29, 1.82) is 0 Å². The highest BCUT2D eigenvalue weighted by atomic mass is 35.5. The molecule has 106 valence electrons. The molecule has 0 bridgehead atoms. The quantitative estimate of drug-likeness (QED) is 0.791. The highest BCUT2D eigenvalue weighted by molar-refractivity contribution is 6.30. The van der Waals surface area contributed by atoms with E-state index < -0.39 is 0 Å². The van der Waals surface area contributed by atoms with Crippen molar-refractivity contribution in [3.63, 3.8) is 0 Å². The lowest BCUT2D eigenvalue weighted by Gasteiger charge is -2.12. The zero-order valence-corrected chi connectivity index (χ0v) is 12.2. The fourth-order valence-corrected chi connectivity index (χ4v) is 3.17. The summed E-state index contributed by atoms with van der Waals surface area (Å²) >= 11 is 5.95. The molecule has 1 aromatic carbocycles. The fourth-order valence-electron chi connectivity index (χ4n) is 3.04. The summed E-state index contributed by atoms with van der Waals surface area (Å²) in [6.45, 7) is 0. The number of benzene rings is 1. The second-order valence-electron chi connectivity index (χ2n) is 5.50. The van der Waals surface area contributed by atoms with Crippen LogP contribution >= 0.6 is 11.6 Å². The zero-order chi connectivity index (χ0) is 13.9. The van der Waals surface area contributed by atoms with Crippen molar-refractivity contribution in [2.45, 2.75) is 44.4 Å². The van der Waals surface area contributed by atoms with Gasteiger partial charge in [0.25, 0.3) is 0 Å². The lowest BCUT2D eigenvalue weighted by Crippen LogP contribution is -1.98. The van der Waals surface area contributed by atoms with Crippen LogP contribution in [0, 0.1) is 0 Å². The average Bonchev–Trinajstić information content (AvgIpc) is 2.67. The van der Waals surface area contributed by atoms with E-state index in [-0.39, 0.29) is 0 Å². The van der Waals surface area contributed by atoms with E-state index >= 15 is 0 Å². The van der Waals surface area contributed by atoms with E-state index in [0.29, 0.717) is 11.7 Å². The predicted molar refractivity (Wildman–Crippen MR) is 81.8 cm³/mol. The van der Waals surface area contributed by atoms with Crippen LogP contribution in [0.3, 0.4) is 0 Å². The van der Waals surface area contributed by atoms with Crippen LogP contribution in [0.5, 0.6) is 0 Å². The van der Waals surface area contributed by atoms with Gasteiger partial charge in [-0.3, -0.25) is 0 Å². The molecule has 0 amide bonds. The number of halogens is 1. The Hall–Kier alpha value is -1.48. The lowest BCUT2D eigenvalue weighted by atomic mass is 9.92. The summed E-state index contributed by atoms with van der Waals surface area (Å²) in [6.07, 6.45) is 7.47. The standard InChI is InChI=1S/C16H19ClN2O/c17-13-9-7-11(8-10-13)14-15(20-19-16(14)18)12-5-3-1-2-4-6-12/h7-10,12H,1-6H2,(H2,18,19). The Kier molecular flexibility index (Phi) is 3.97. The molecule has 2 N–H and O–H groups in total. The molecule has 0 unspecified atom stereocenters. The molecule has 1 aromatic heterocycles. The molecule has 1 aliphatic carbocycles. The SMILES string of the molecule is Nc1noc(C2CCCCCC2)c1-c1ccc(Cl)cc1. The van der Waals surface area contributed by atoms with Crippen LogP contribution in [0.2, 0.25) is 5.02 Å². The lowest BCUT2D eigenvalue weighted by molar-refractivity contribution is 0.350. The van der Waals surface area contributed by atoms with Crippen LogP contribution in [-0.2, 0) is 0 Å². The zero-order valence-electron chi connectivity index (χ0n) is 11.4. The minimum atomic E-state index is 0.438. The third-order valence-electron chi connectivity index (χ3n) is 4.10. The molecule has 0 aliphatic heterocycles. The van der Waals surface area contributed by atoms with Crippen molar-refractivity contribution in [3.8, 4) is 11.1 Å². The summed E-state index contributed by atoms with van der Waals surface area (Å²) in [6, 6.07) is 7.71. The summed E-state index contributed by atoms with van der Waals surface area (Å²) in [5.74, 6) is 1.87. The third-order valence-corrected chi connectivity index (χ3v) is 4.36. The molecule has 3 rings (SSSR count). The van der Waals surface area contributed by atoms with Crippen molar-refractivity contribution in [3.05, 3.63) is 35.0 Å². The molecule has 1 aliphatic rings. The smallest absolute Gasteiger partial charge is 0.175 e.